The molecule has 0 saturated carbocycles. The lowest BCUT2D eigenvalue weighted by molar-refractivity contribution is -0.118. The highest BCUT2D eigenvalue weighted by Gasteiger charge is 2.17. The molecule has 0 unspecified atom stereocenters. The van der Waals surface area contributed by atoms with Crippen LogP contribution in [0.1, 0.15) is 12.5 Å². The van der Waals surface area contributed by atoms with Crippen molar-refractivity contribution in [2.24, 2.45) is 0 Å². The molecule has 0 aliphatic carbocycles. The van der Waals surface area contributed by atoms with Crippen LogP contribution in [0.3, 0.4) is 0 Å². The van der Waals surface area contributed by atoms with Crippen LogP contribution < -0.4 is 10.9 Å². The van der Waals surface area contributed by atoms with Crippen LogP contribution in [-0.4, -0.2) is 21.2 Å². The predicted octanol–water partition coefficient (Wildman–Crippen LogP) is 4.22. The molecule has 29 heavy (non-hydrogen) atoms. The van der Waals surface area contributed by atoms with E-state index < -0.39 is 0 Å². The Morgan fingerprint density at radius 2 is 1.97 bits per heavy atom. The second-order valence-electron chi connectivity index (χ2n) is 6.41. The molecule has 2 aromatic carbocycles. The first-order valence-electron chi connectivity index (χ1n) is 9.13. The lowest BCUT2D eigenvalue weighted by Crippen LogP contribution is -2.26. The number of hydrogen-bond acceptors (Lipinski definition) is 5. The number of amides is 1. The molecule has 6 nitrogen and oxygen atoms in total. The largest absolute Gasteiger partial charge is 0.448 e. The van der Waals surface area contributed by atoms with Gasteiger partial charge in [-0.25, -0.2) is 4.98 Å². The van der Waals surface area contributed by atoms with E-state index in [-0.39, 0.29) is 22.8 Å². The van der Waals surface area contributed by atoms with E-state index in [4.69, 9.17) is 16.0 Å². The zero-order chi connectivity index (χ0) is 20.4. The van der Waals surface area contributed by atoms with Crippen molar-refractivity contribution < 1.29 is 9.21 Å². The Hall–Kier alpha value is -2.77. The SMILES string of the molecule is CCn1c(SCC(=O)NCc2ccc(Cl)cc2)nc2c(oc3ccccc32)c1=O. The maximum Gasteiger partial charge on any atom is 0.297 e. The topological polar surface area (TPSA) is 77.1 Å². The average Bonchev–Trinajstić information content (AvgIpc) is 3.11. The number of halogens is 1. The quantitative estimate of drug-likeness (QED) is 0.368. The Kier molecular flexibility index (Phi) is 5.60. The smallest absolute Gasteiger partial charge is 0.297 e. The monoisotopic (exact) mass is 427 g/mol. The van der Waals surface area contributed by atoms with E-state index in [9.17, 15) is 9.59 Å². The van der Waals surface area contributed by atoms with Gasteiger partial charge in [0.1, 0.15) is 11.1 Å². The van der Waals surface area contributed by atoms with Gasteiger partial charge in [0.25, 0.3) is 5.56 Å². The van der Waals surface area contributed by atoms with Gasteiger partial charge in [0.05, 0.1) is 5.75 Å². The Morgan fingerprint density at radius 3 is 2.72 bits per heavy atom. The second kappa shape index (κ2) is 8.31. The summed E-state index contributed by atoms with van der Waals surface area (Å²) in [6.45, 7) is 2.71. The van der Waals surface area contributed by atoms with Gasteiger partial charge in [-0.1, -0.05) is 47.6 Å². The second-order valence-corrected chi connectivity index (χ2v) is 7.79. The third-order valence-electron chi connectivity index (χ3n) is 4.50. The molecule has 0 saturated heterocycles. The van der Waals surface area contributed by atoms with Crippen molar-refractivity contribution in [2.75, 3.05) is 5.75 Å². The molecule has 0 atom stereocenters. The molecule has 1 N–H and O–H groups in total. The summed E-state index contributed by atoms with van der Waals surface area (Å²) in [4.78, 5) is 29.7. The Labute approximate surface area is 175 Å². The zero-order valence-electron chi connectivity index (χ0n) is 15.6. The van der Waals surface area contributed by atoms with Crippen LogP contribution in [0.25, 0.3) is 22.1 Å². The van der Waals surface area contributed by atoms with Crippen LogP contribution in [0.4, 0.5) is 0 Å². The molecule has 8 heteroatoms. The van der Waals surface area contributed by atoms with E-state index in [2.05, 4.69) is 10.3 Å². The predicted molar refractivity (Wildman–Crippen MR) is 115 cm³/mol. The summed E-state index contributed by atoms with van der Waals surface area (Å²) in [5, 5.41) is 4.81. The van der Waals surface area contributed by atoms with Gasteiger partial charge in [0, 0.05) is 23.5 Å². The van der Waals surface area contributed by atoms with E-state index in [0.717, 1.165) is 10.9 Å². The molecule has 0 spiro atoms. The lowest BCUT2D eigenvalue weighted by Gasteiger charge is -2.09. The summed E-state index contributed by atoms with van der Waals surface area (Å²) in [6.07, 6.45) is 0. The first-order valence-corrected chi connectivity index (χ1v) is 10.5. The van der Waals surface area contributed by atoms with Crippen molar-refractivity contribution in [3.63, 3.8) is 0 Å². The van der Waals surface area contributed by atoms with Crippen LogP contribution >= 0.6 is 23.4 Å². The number of nitrogens with zero attached hydrogens (tertiary/aromatic N) is 2. The highest BCUT2D eigenvalue weighted by atomic mass is 35.5. The van der Waals surface area contributed by atoms with Gasteiger partial charge >= 0.3 is 0 Å². The van der Waals surface area contributed by atoms with Crippen molar-refractivity contribution in [3.8, 4) is 0 Å². The number of para-hydroxylation sites is 1. The standard InChI is InChI=1S/C21H18ClN3O3S/c1-2-25-20(27)19-18(15-5-3-4-6-16(15)28-19)24-21(25)29-12-17(26)23-11-13-7-9-14(22)10-8-13/h3-10H,2,11-12H2,1H3,(H,23,26). The van der Waals surface area contributed by atoms with Gasteiger partial charge in [-0.05, 0) is 36.8 Å². The molecule has 2 heterocycles. The number of nitrogens with one attached hydrogen (secondary N) is 1. The molecular formula is C21H18ClN3O3S. The maximum atomic E-state index is 12.8. The van der Waals surface area contributed by atoms with Crippen molar-refractivity contribution in [1.82, 2.24) is 14.9 Å². The molecule has 0 radical (unpaired) electrons. The van der Waals surface area contributed by atoms with Crippen LogP contribution in [-0.2, 0) is 17.9 Å². The number of furan rings is 1. The molecule has 1 amide bonds. The number of fused-ring (bicyclic) bond motifs is 3. The Balaban J connectivity index is 1.53. The van der Waals surface area contributed by atoms with Crippen molar-refractivity contribution >= 4 is 51.3 Å². The zero-order valence-corrected chi connectivity index (χ0v) is 17.2. The normalized spacial score (nSPS) is 11.2. The number of carbonyl (C=O) groups is 1. The average molecular weight is 428 g/mol. The van der Waals surface area contributed by atoms with Gasteiger partial charge in [-0.15, -0.1) is 0 Å². The number of benzene rings is 2. The molecule has 4 rings (SSSR count). The number of aromatic nitrogens is 2. The van der Waals surface area contributed by atoms with E-state index >= 15 is 0 Å². The summed E-state index contributed by atoms with van der Waals surface area (Å²) in [7, 11) is 0. The first-order chi connectivity index (χ1) is 14.1. The highest BCUT2D eigenvalue weighted by Crippen LogP contribution is 2.27. The Morgan fingerprint density at radius 1 is 1.21 bits per heavy atom. The third kappa shape index (κ3) is 4.02. The summed E-state index contributed by atoms with van der Waals surface area (Å²) < 4.78 is 7.24. The summed E-state index contributed by atoms with van der Waals surface area (Å²) in [5.41, 5.74) is 2.11. The van der Waals surface area contributed by atoms with Crippen LogP contribution in [0, 0.1) is 0 Å². The minimum atomic E-state index is -0.238. The van der Waals surface area contributed by atoms with E-state index in [0.29, 0.717) is 34.4 Å². The van der Waals surface area contributed by atoms with Crippen molar-refractivity contribution in [1.29, 1.82) is 0 Å². The van der Waals surface area contributed by atoms with Crippen LogP contribution in [0.2, 0.25) is 5.02 Å². The summed E-state index contributed by atoms with van der Waals surface area (Å²) in [5.74, 6) is 0.0143. The fourth-order valence-electron chi connectivity index (χ4n) is 3.03. The maximum absolute atomic E-state index is 12.8. The number of hydrogen-bond donors (Lipinski definition) is 1. The molecule has 0 aliphatic rings. The molecule has 0 aliphatic heterocycles. The molecule has 2 aromatic heterocycles. The van der Waals surface area contributed by atoms with Crippen LogP contribution in [0.5, 0.6) is 0 Å². The molecule has 148 valence electrons. The fraction of sp³-hybridized carbons (Fsp3) is 0.190. The number of thioether (sulfide) groups is 1. The van der Waals surface area contributed by atoms with E-state index in [1.807, 2.05) is 43.3 Å². The number of carbonyl (C=O) groups excluding carboxylic acids is 1. The van der Waals surface area contributed by atoms with Crippen LogP contribution in [0.15, 0.2) is 62.9 Å². The van der Waals surface area contributed by atoms with Crippen molar-refractivity contribution in [2.45, 2.75) is 25.2 Å². The molecule has 4 aromatic rings. The minimum absolute atomic E-state index is 0.140. The van der Waals surface area contributed by atoms with E-state index in [1.54, 1.807) is 12.1 Å². The van der Waals surface area contributed by atoms with Gasteiger partial charge in [0.15, 0.2) is 5.16 Å². The lowest BCUT2D eigenvalue weighted by atomic mass is 10.2. The first kappa shape index (κ1) is 19.5. The molecule has 0 fully saturated rings. The molecule has 0 bridgehead atoms. The van der Waals surface area contributed by atoms with Crippen molar-refractivity contribution in [3.05, 3.63) is 69.5 Å². The fourth-order valence-corrected chi connectivity index (χ4v) is 4.04. The summed E-state index contributed by atoms with van der Waals surface area (Å²) >= 11 is 7.11. The minimum Gasteiger partial charge on any atom is -0.448 e. The van der Waals surface area contributed by atoms with Gasteiger partial charge in [-0.3, -0.25) is 14.2 Å². The van der Waals surface area contributed by atoms with Gasteiger partial charge in [0.2, 0.25) is 11.5 Å². The van der Waals surface area contributed by atoms with E-state index in [1.165, 1.54) is 16.3 Å². The number of rotatable bonds is 6. The third-order valence-corrected chi connectivity index (χ3v) is 5.73. The molecular weight excluding hydrogens is 410 g/mol. The summed E-state index contributed by atoms with van der Waals surface area (Å²) in [6, 6.07) is 14.7. The highest BCUT2D eigenvalue weighted by molar-refractivity contribution is 7.99. The van der Waals surface area contributed by atoms with Gasteiger partial charge < -0.3 is 9.73 Å². The van der Waals surface area contributed by atoms with Gasteiger partial charge in [-0.2, -0.15) is 0 Å². The Bertz CT molecular complexity index is 1250.